The number of piperazine rings is 1. The Labute approximate surface area is 210 Å². The highest BCUT2D eigenvalue weighted by Crippen LogP contribution is 2.46. The van der Waals surface area contributed by atoms with Gasteiger partial charge >= 0.3 is 5.69 Å². The van der Waals surface area contributed by atoms with Crippen molar-refractivity contribution in [2.24, 2.45) is 0 Å². The second-order valence-corrected chi connectivity index (χ2v) is 10.1. The van der Waals surface area contributed by atoms with E-state index in [1.165, 1.54) is 30.0 Å². The maximum absolute atomic E-state index is 14.8. The van der Waals surface area contributed by atoms with Crippen molar-refractivity contribution in [1.29, 1.82) is 0 Å². The molecule has 5 rings (SSSR count). The molecule has 0 bridgehead atoms. The van der Waals surface area contributed by atoms with E-state index in [1.54, 1.807) is 15.5 Å². The summed E-state index contributed by atoms with van der Waals surface area (Å²) in [6.45, 7) is 7.53. The first kappa shape index (κ1) is 23.8. The van der Waals surface area contributed by atoms with Gasteiger partial charge in [-0.15, -0.1) is 11.8 Å². The maximum atomic E-state index is 14.8. The van der Waals surface area contributed by atoms with Gasteiger partial charge in [-0.1, -0.05) is 25.1 Å². The predicted octanol–water partition coefficient (Wildman–Crippen LogP) is 4.71. The standard InChI is InChI=1S/C25H23ClF2N4O2S/c1-3-15-13-30(20(33)4-2)7-8-31(15)24-17-12-18(26)21(16-6-5-14(27)11-19(16)28)23-22(17)32(9-10-35-23)25(34)29-24/h4-6,11-12,15H,2-3,7-10,13H2,1H3/t15-/m0/s1. The molecule has 10 heteroatoms. The first-order valence-corrected chi connectivity index (χ1v) is 12.7. The van der Waals surface area contributed by atoms with Gasteiger partial charge in [0, 0.05) is 65.4 Å². The summed E-state index contributed by atoms with van der Waals surface area (Å²) in [5, 5.41) is 0.999. The Morgan fingerprint density at radius 3 is 2.80 bits per heavy atom. The minimum atomic E-state index is -0.717. The fourth-order valence-corrected chi connectivity index (χ4v) is 6.48. The average molecular weight is 517 g/mol. The number of aromatic nitrogens is 2. The van der Waals surface area contributed by atoms with Crippen LogP contribution in [0.5, 0.6) is 0 Å². The van der Waals surface area contributed by atoms with Crippen molar-refractivity contribution in [1.82, 2.24) is 14.5 Å². The lowest BCUT2D eigenvalue weighted by atomic mass is 10.0. The summed E-state index contributed by atoms with van der Waals surface area (Å²) < 4.78 is 30.0. The zero-order valence-electron chi connectivity index (χ0n) is 19.1. The molecule has 1 aromatic heterocycles. The molecule has 2 aromatic carbocycles. The monoisotopic (exact) mass is 516 g/mol. The highest BCUT2D eigenvalue weighted by molar-refractivity contribution is 7.99. The summed E-state index contributed by atoms with van der Waals surface area (Å²) in [4.78, 5) is 34.3. The topological polar surface area (TPSA) is 58.4 Å². The molecular weight excluding hydrogens is 494 g/mol. The molecule has 182 valence electrons. The lowest BCUT2D eigenvalue weighted by Gasteiger charge is -2.42. The molecule has 1 amide bonds. The number of hydrogen-bond donors (Lipinski definition) is 0. The summed E-state index contributed by atoms with van der Waals surface area (Å²) >= 11 is 8.24. The number of hydrogen-bond acceptors (Lipinski definition) is 5. The van der Waals surface area contributed by atoms with Gasteiger partial charge in [0.15, 0.2) is 0 Å². The third kappa shape index (κ3) is 4.00. The van der Waals surface area contributed by atoms with Crippen LogP contribution in [0.15, 0.2) is 46.6 Å². The van der Waals surface area contributed by atoms with Gasteiger partial charge in [-0.05, 0) is 30.7 Å². The molecule has 0 N–H and O–H groups in total. The predicted molar refractivity (Wildman–Crippen MR) is 135 cm³/mol. The molecule has 35 heavy (non-hydrogen) atoms. The summed E-state index contributed by atoms with van der Waals surface area (Å²) in [7, 11) is 0. The number of halogens is 3. The molecular formula is C25H23ClF2N4O2S. The zero-order chi connectivity index (χ0) is 24.9. The molecule has 0 unspecified atom stereocenters. The van der Waals surface area contributed by atoms with E-state index in [2.05, 4.69) is 16.5 Å². The van der Waals surface area contributed by atoms with Crippen LogP contribution in [0.3, 0.4) is 0 Å². The number of anilines is 1. The van der Waals surface area contributed by atoms with E-state index in [0.717, 1.165) is 12.5 Å². The third-order valence-corrected chi connectivity index (χ3v) is 8.00. The Hall–Kier alpha value is -2.91. The zero-order valence-corrected chi connectivity index (χ0v) is 20.6. The molecule has 1 atom stereocenters. The molecule has 3 aromatic rings. The van der Waals surface area contributed by atoms with Gasteiger partial charge in [0.25, 0.3) is 0 Å². The van der Waals surface area contributed by atoms with Crippen molar-refractivity contribution in [2.45, 2.75) is 30.8 Å². The number of rotatable bonds is 4. The highest BCUT2D eigenvalue weighted by Gasteiger charge is 2.32. The summed E-state index contributed by atoms with van der Waals surface area (Å²) in [6.07, 6.45) is 2.05. The van der Waals surface area contributed by atoms with Crippen molar-refractivity contribution in [2.75, 3.05) is 30.3 Å². The summed E-state index contributed by atoms with van der Waals surface area (Å²) in [5.74, 6) is -0.411. The SMILES string of the molecule is C=CC(=O)N1CCN(c2nc(=O)n3c4c(c(-c5ccc(F)cc5F)c(Cl)cc24)SCC3)[C@@H](CC)C1. The third-order valence-electron chi connectivity index (χ3n) is 6.62. The van der Waals surface area contributed by atoms with Crippen LogP contribution in [0.2, 0.25) is 5.02 Å². The minimum absolute atomic E-state index is 0.0503. The van der Waals surface area contributed by atoms with Crippen LogP contribution in [0.4, 0.5) is 14.6 Å². The van der Waals surface area contributed by atoms with Crippen molar-refractivity contribution >= 4 is 46.0 Å². The second kappa shape index (κ2) is 9.28. The van der Waals surface area contributed by atoms with Crippen LogP contribution in [0, 0.1) is 11.6 Å². The van der Waals surface area contributed by atoms with E-state index in [0.29, 0.717) is 64.1 Å². The summed E-state index contributed by atoms with van der Waals surface area (Å²) in [6, 6.07) is 5.07. The lowest BCUT2D eigenvalue weighted by Crippen LogP contribution is -2.55. The average Bonchev–Trinajstić information content (AvgIpc) is 2.86. The minimum Gasteiger partial charge on any atom is -0.349 e. The molecule has 2 aliphatic rings. The number of benzene rings is 2. The number of amides is 1. The highest BCUT2D eigenvalue weighted by atomic mass is 35.5. The van der Waals surface area contributed by atoms with E-state index in [1.807, 2.05) is 6.92 Å². The van der Waals surface area contributed by atoms with E-state index in [9.17, 15) is 18.4 Å². The fourth-order valence-electron chi connectivity index (χ4n) is 4.92. The Bertz CT molecular complexity index is 1430. The molecule has 1 fully saturated rings. The van der Waals surface area contributed by atoms with Gasteiger partial charge in [-0.2, -0.15) is 4.98 Å². The van der Waals surface area contributed by atoms with E-state index >= 15 is 0 Å². The van der Waals surface area contributed by atoms with Gasteiger partial charge in [0.2, 0.25) is 5.91 Å². The maximum Gasteiger partial charge on any atom is 0.350 e. The molecule has 2 aliphatic heterocycles. The normalized spacial score (nSPS) is 17.7. The molecule has 0 spiro atoms. The Morgan fingerprint density at radius 2 is 2.09 bits per heavy atom. The Balaban J connectivity index is 1.72. The molecule has 0 radical (unpaired) electrons. The number of carbonyl (C=O) groups is 1. The van der Waals surface area contributed by atoms with Crippen LogP contribution in [0.25, 0.3) is 22.0 Å². The number of aryl methyl sites for hydroxylation is 1. The van der Waals surface area contributed by atoms with Crippen LogP contribution in [-0.2, 0) is 11.3 Å². The van der Waals surface area contributed by atoms with Crippen LogP contribution in [0.1, 0.15) is 13.3 Å². The first-order chi connectivity index (χ1) is 16.8. The largest absolute Gasteiger partial charge is 0.350 e. The van der Waals surface area contributed by atoms with E-state index in [4.69, 9.17) is 11.6 Å². The molecule has 1 saturated heterocycles. The fraction of sp³-hybridized carbons (Fsp3) is 0.320. The van der Waals surface area contributed by atoms with Crippen LogP contribution in [-0.4, -0.2) is 51.8 Å². The molecule has 6 nitrogen and oxygen atoms in total. The van der Waals surface area contributed by atoms with Gasteiger partial charge in [-0.3, -0.25) is 9.36 Å². The first-order valence-electron chi connectivity index (χ1n) is 11.4. The number of thioether (sulfide) groups is 1. The van der Waals surface area contributed by atoms with Gasteiger partial charge < -0.3 is 9.80 Å². The van der Waals surface area contributed by atoms with Crippen molar-refractivity contribution < 1.29 is 13.6 Å². The van der Waals surface area contributed by atoms with Crippen LogP contribution >= 0.6 is 23.4 Å². The molecule has 0 aliphatic carbocycles. The van der Waals surface area contributed by atoms with Crippen LogP contribution < -0.4 is 10.6 Å². The number of carbonyl (C=O) groups excluding carboxylic acids is 1. The van der Waals surface area contributed by atoms with Gasteiger partial charge in [0.05, 0.1) is 10.5 Å². The van der Waals surface area contributed by atoms with E-state index < -0.39 is 11.6 Å². The van der Waals surface area contributed by atoms with E-state index in [-0.39, 0.29) is 23.2 Å². The van der Waals surface area contributed by atoms with Crippen molar-refractivity contribution in [3.8, 4) is 11.1 Å². The quantitative estimate of drug-likeness (QED) is 0.470. The van der Waals surface area contributed by atoms with Gasteiger partial charge in [0.1, 0.15) is 17.5 Å². The van der Waals surface area contributed by atoms with Crippen molar-refractivity contribution in [3.63, 3.8) is 0 Å². The smallest absolute Gasteiger partial charge is 0.349 e. The second-order valence-electron chi connectivity index (χ2n) is 8.54. The number of nitrogens with zero attached hydrogens (tertiary/aromatic N) is 4. The van der Waals surface area contributed by atoms with Gasteiger partial charge in [-0.25, -0.2) is 13.6 Å². The summed E-state index contributed by atoms with van der Waals surface area (Å²) in [5.41, 5.74) is 0.892. The van der Waals surface area contributed by atoms with Crippen molar-refractivity contribution in [3.05, 3.63) is 64.1 Å². The Kier molecular flexibility index (Phi) is 6.31. The lowest BCUT2D eigenvalue weighted by molar-refractivity contribution is -0.126. The molecule has 3 heterocycles. The Morgan fingerprint density at radius 1 is 1.29 bits per heavy atom. The molecule has 0 saturated carbocycles.